The number of aliphatic hydroxyl groups excluding tert-OH is 1. The van der Waals surface area contributed by atoms with Crippen molar-refractivity contribution in [2.75, 3.05) is 45.9 Å². The van der Waals surface area contributed by atoms with Crippen LogP contribution in [-0.2, 0) is 4.79 Å². The number of guanidine groups is 1. The van der Waals surface area contributed by atoms with Crippen LogP contribution in [0.3, 0.4) is 0 Å². The van der Waals surface area contributed by atoms with Gasteiger partial charge in [0.15, 0.2) is 5.96 Å². The molecule has 0 aromatic heterocycles. The first kappa shape index (κ1) is 26.9. The van der Waals surface area contributed by atoms with Gasteiger partial charge in [-0.2, -0.15) is 4.99 Å². The second-order valence-corrected chi connectivity index (χ2v) is 9.80. The zero-order valence-electron chi connectivity index (χ0n) is 21.2. The highest BCUT2D eigenvalue weighted by Crippen LogP contribution is 2.23. The van der Waals surface area contributed by atoms with Gasteiger partial charge < -0.3 is 25.8 Å². The van der Waals surface area contributed by atoms with E-state index in [2.05, 4.69) is 15.2 Å². The number of nitrogens with two attached hydrogens (primary N) is 1. The molecule has 1 atom stereocenters. The number of aliphatic hydroxyl groups is 1. The van der Waals surface area contributed by atoms with E-state index < -0.39 is 0 Å². The Morgan fingerprint density at radius 2 is 1.94 bits per heavy atom. The van der Waals surface area contributed by atoms with Crippen molar-refractivity contribution in [1.82, 2.24) is 15.1 Å². The molecule has 0 spiro atoms. The van der Waals surface area contributed by atoms with E-state index in [1.54, 1.807) is 13.0 Å². The summed E-state index contributed by atoms with van der Waals surface area (Å²) in [5.74, 6) is 1.39. The molecule has 0 bridgehead atoms. The van der Waals surface area contributed by atoms with Gasteiger partial charge in [-0.1, -0.05) is 0 Å². The van der Waals surface area contributed by atoms with Crippen molar-refractivity contribution >= 4 is 17.8 Å². The van der Waals surface area contributed by atoms with Crippen molar-refractivity contribution < 1.29 is 19.4 Å². The quantitative estimate of drug-likeness (QED) is 0.262. The number of aliphatic imine (C=N–C) groups is 1. The summed E-state index contributed by atoms with van der Waals surface area (Å²) >= 11 is 0. The van der Waals surface area contributed by atoms with E-state index in [0.29, 0.717) is 30.6 Å². The second kappa shape index (κ2) is 13.4. The van der Waals surface area contributed by atoms with Crippen LogP contribution in [0.25, 0.3) is 0 Å². The molecule has 0 aliphatic carbocycles. The number of carbonyl (C=O) groups is 2. The maximum absolute atomic E-state index is 12.3. The van der Waals surface area contributed by atoms with Crippen LogP contribution >= 0.6 is 0 Å². The third kappa shape index (κ3) is 8.50. The number of piperidine rings is 1. The minimum absolute atomic E-state index is 0.0927. The summed E-state index contributed by atoms with van der Waals surface area (Å²) < 4.78 is 5.91. The predicted octanol–water partition coefficient (Wildman–Crippen LogP) is 1.91. The van der Waals surface area contributed by atoms with E-state index in [9.17, 15) is 9.59 Å². The van der Waals surface area contributed by atoms with Gasteiger partial charge in [-0.15, -0.1) is 0 Å². The molecule has 2 saturated heterocycles. The standard InChI is InChI=1S/C26H41N5O4/c1-19-16-22(7-8-23(19)25(34)28-20(2)18-32)35-15-5-6-21-9-13-31(14-10-21)26(27)29-24(33)17-30-11-3-4-12-30/h7-8,16,20-21,32H,3-6,9-15,17-18H2,1-2H3,(H,28,34)(H2,27,29,33). The average molecular weight is 488 g/mol. The Balaban J connectivity index is 1.34. The average Bonchev–Trinajstić information content (AvgIpc) is 3.34. The van der Waals surface area contributed by atoms with Crippen LogP contribution in [0.4, 0.5) is 0 Å². The Bertz CT molecular complexity index is 876. The molecule has 9 heteroatoms. The molecule has 0 radical (unpaired) electrons. The Labute approximate surface area is 208 Å². The van der Waals surface area contributed by atoms with Crippen LogP contribution in [-0.4, -0.2) is 84.7 Å². The largest absolute Gasteiger partial charge is 0.494 e. The molecule has 35 heavy (non-hydrogen) atoms. The molecule has 1 aromatic rings. The molecular formula is C26H41N5O4. The summed E-state index contributed by atoms with van der Waals surface area (Å²) in [5.41, 5.74) is 7.54. The summed E-state index contributed by atoms with van der Waals surface area (Å²) in [6.45, 7) is 8.15. The molecule has 2 aliphatic rings. The number of hydrogen-bond acceptors (Lipinski definition) is 5. The van der Waals surface area contributed by atoms with Crippen molar-refractivity contribution in [3.05, 3.63) is 29.3 Å². The van der Waals surface area contributed by atoms with E-state index in [4.69, 9.17) is 15.6 Å². The fraction of sp³-hybridized carbons (Fsp3) is 0.654. The molecule has 9 nitrogen and oxygen atoms in total. The number of nitrogens with zero attached hydrogens (tertiary/aromatic N) is 3. The molecule has 2 amide bonds. The van der Waals surface area contributed by atoms with Crippen LogP contribution < -0.4 is 15.8 Å². The Morgan fingerprint density at radius 1 is 1.23 bits per heavy atom. The smallest absolute Gasteiger partial charge is 0.263 e. The zero-order chi connectivity index (χ0) is 25.2. The van der Waals surface area contributed by atoms with Gasteiger partial charge in [0.05, 0.1) is 19.8 Å². The summed E-state index contributed by atoms with van der Waals surface area (Å²) in [6.07, 6.45) is 6.41. The topological polar surface area (TPSA) is 120 Å². The van der Waals surface area contributed by atoms with E-state index in [-0.39, 0.29) is 24.5 Å². The Morgan fingerprint density at radius 3 is 2.60 bits per heavy atom. The first-order valence-corrected chi connectivity index (χ1v) is 12.8. The van der Waals surface area contributed by atoms with Crippen molar-refractivity contribution in [2.24, 2.45) is 16.6 Å². The molecule has 0 saturated carbocycles. The zero-order valence-corrected chi connectivity index (χ0v) is 21.2. The van der Waals surface area contributed by atoms with Gasteiger partial charge in [0.2, 0.25) is 0 Å². The van der Waals surface area contributed by atoms with Crippen molar-refractivity contribution in [3.8, 4) is 5.75 Å². The lowest BCUT2D eigenvalue weighted by atomic mass is 9.92. The lowest BCUT2D eigenvalue weighted by Crippen LogP contribution is -2.43. The highest BCUT2D eigenvalue weighted by molar-refractivity contribution is 5.96. The van der Waals surface area contributed by atoms with Crippen LogP contribution in [0, 0.1) is 12.8 Å². The number of likely N-dealkylation sites (tertiary alicyclic amines) is 2. The van der Waals surface area contributed by atoms with Gasteiger partial charge >= 0.3 is 0 Å². The number of hydrogen-bond donors (Lipinski definition) is 3. The van der Waals surface area contributed by atoms with Gasteiger partial charge in [0.1, 0.15) is 5.75 Å². The van der Waals surface area contributed by atoms with Gasteiger partial charge in [-0.25, -0.2) is 0 Å². The fourth-order valence-corrected chi connectivity index (χ4v) is 4.71. The molecule has 194 valence electrons. The molecule has 2 heterocycles. The molecule has 4 N–H and O–H groups in total. The van der Waals surface area contributed by atoms with Crippen LogP contribution in [0.2, 0.25) is 0 Å². The lowest BCUT2D eigenvalue weighted by molar-refractivity contribution is -0.118. The second-order valence-electron chi connectivity index (χ2n) is 9.80. The van der Waals surface area contributed by atoms with Gasteiger partial charge in [0, 0.05) is 24.7 Å². The fourth-order valence-electron chi connectivity index (χ4n) is 4.71. The normalized spacial score (nSPS) is 18.5. The summed E-state index contributed by atoms with van der Waals surface area (Å²) in [5, 5.41) is 11.9. The predicted molar refractivity (Wildman–Crippen MR) is 137 cm³/mol. The minimum atomic E-state index is -0.282. The number of nitrogens with one attached hydrogen (secondary N) is 1. The number of benzene rings is 1. The summed E-state index contributed by atoms with van der Waals surface area (Å²) in [6, 6.07) is 5.18. The molecule has 1 unspecified atom stereocenters. The monoisotopic (exact) mass is 487 g/mol. The molecule has 1 aromatic carbocycles. The van der Waals surface area contributed by atoms with Crippen molar-refractivity contribution in [1.29, 1.82) is 0 Å². The lowest BCUT2D eigenvalue weighted by Gasteiger charge is -2.32. The summed E-state index contributed by atoms with van der Waals surface area (Å²) in [4.78, 5) is 32.7. The maximum Gasteiger partial charge on any atom is 0.263 e. The molecule has 2 fully saturated rings. The third-order valence-corrected chi connectivity index (χ3v) is 6.85. The van der Waals surface area contributed by atoms with E-state index in [0.717, 1.165) is 76.0 Å². The molecule has 2 aliphatic heterocycles. The van der Waals surface area contributed by atoms with Gasteiger partial charge in [0.25, 0.3) is 11.8 Å². The van der Waals surface area contributed by atoms with Crippen molar-refractivity contribution in [2.45, 2.75) is 58.4 Å². The molecule has 3 rings (SSSR count). The first-order chi connectivity index (χ1) is 16.9. The number of amides is 2. The van der Waals surface area contributed by atoms with E-state index >= 15 is 0 Å². The Kier molecular flexibility index (Phi) is 10.3. The van der Waals surface area contributed by atoms with Crippen LogP contribution in [0.1, 0.15) is 61.4 Å². The molecular weight excluding hydrogens is 446 g/mol. The minimum Gasteiger partial charge on any atom is -0.494 e. The highest BCUT2D eigenvalue weighted by Gasteiger charge is 2.22. The van der Waals surface area contributed by atoms with Gasteiger partial charge in [-0.3, -0.25) is 14.5 Å². The number of aryl methyl sites for hydroxylation is 1. The maximum atomic E-state index is 12.3. The number of ether oxygens (including phenoxy) is 1. The highest BCUT2D eigenvalue weighted by atomic mass is 16.5. The van der Waals surface area contributed by atoms with E-state index in [1.165, 1.54) is 0 Å². The van der Waals surface area contributed by atoms with Crippen LogP contribution in [0.15, 0.2) is 23.2 Å². The number of rotatable bonds is 10. The first-order valence-electron chi connectivity index (χ1n) is 12.8. The van der Waals surface area contributed by atoms with Gasteiger partial charge in [-0.05, 0) is 95.1 Å². The Hall–Kier alpha value is -2.65. The van der Waals surface area contributed by atoms with E-state index in [1.807, 2.05) is 24.0 Å². The SMILES string of the molecule is Cc1cc(OCCCC2CCN(C(N)=NC(=O)CN3CCCC3)CC2)ccc1C(=O)NC(C)CO. The summed E-state index contributed by atoms with van der Waals surface area (Å²) in [7, 11) is 0. The van der Waals surface area contributed by atoms with Crippen molar-refractivity contribution in [3.63, 3.8) is 0 Å². The van der Waals surface area contributed by atoms with Crippen LogP contribution in [0.5, 0.6) is 5.75 Å². The third-order valence-electron chi connectivity index (χ3n) is 6.85. The number of carbonyl (C=O) groups excluding carboxylic acids is 2.